The Morgan fingerprint density at radius 2 is 1.55 bits per heavy atom. The molecule has 0 aromatic heterocycles. The van der Waals surface area contributed by atoms with Gasteiger partial charge in [-0.25, -0.2) is 8.42 Å². The van der Waals surface area contributed by atoms with Gasteiger partial charge in [-0.3, -0.25) is 13.9 Å². The fourth-order valence-electron chi connectivity index (χ4n) is 4.25. The highest BCUT2D eigenvalue weighted by molar-refractivity contribution is 7.92. The third kappa shape index (κ3) is 7.22. The van der Waals surface area contributed by atoms with E-state index in [9.17, 15) is 18.0 Å². The fraction of sp³-hybridized carbons (Fsp3) is 0.333. The number of amides is 2. The summed E-state index contributed by atoms with van der Waals surface area (Å²) in [6.07, 6.45) is 1.16. The minimum atomic E-state index is -4.06. The van der Waals surface area contributed by atoms with Gasteiger partial charge in [0.25, 0.3) is 10.0 Å². The molecule has 0 fully saturated rings. The lowest BCUT2D eigenvalue weighted by atomic mass is 10.1. The van der Waals surface area contributed by atoms with E-state index in [4.69, 9.17) is 0 Å². The van der Waals surface area contributed by atoms with Crippen LogP contribution < -0.4 is 9.62 Å². The Morgan fingerprint density at radius 1 is 0.868 bits per heavy atom. The van der Waals surface area contributed by atoms with Crippen molar-refractivity contribution in [3.63, 3.8) is 0 Å². The monoisotopic (exact) mass is 535 g/mol. The standard InChI is InChI=1S/C30H37N3O4S/c1-5-19-31-30(35)28(6-2)32(21-25-12-10-11-24(4)20-25)29(34)22-33(26-17-15-23(3)16-18-26)38(36,37)27-13-8-7-9-14-27/h7-18,20,28H,5-6,19,21-22H2,1-4H3,(H,31,35). The van der Waals surface area contributed by atoms with Crippen LogP contribution in [0.2, 0.25) is 0 Å². The molecule has 0 spiro atoms. The predicted molar refractivity (Wildman–Crippen MR) is 151 cm³/mol. The molecule has 0 aliphatic carbocycles. The van der Waals surface area contributed by atoms with Gasteiger partial charge in [0.15, 0.2) is 0 Å². The zero-order valence-corrected chi connectivity index (χ0v) is 23.4. The lowest BCUT2D eigenvalue weighted by Gasteiger charge is -2.33. The van der Waals surface area contributed by atoms with Gasteiger partial charge in [0.1, 0.15) is 12.6 Å². The highest BCUT2D eigenvalue weighted by Crippen LogP contribution is 2.25. The minimum Gasteiger partial charge on any atom is -0.354 e. The molecule has 2 amide bonds. The molecule has 0 radical (unpaired) electrons. The third-order valence-electron chi connectivity index (χ3n) is 6.30. The molecule has 0 aliphatic heterocycles. The van der Waals surface area contributed by atoms with E-state index in [1.807, 2.05) is 64.1 Å². The average molecular weight is 536 g/mol. The maximum absolute atomic E-state index is 14.0. The van der Waals surface area contributed by atoms with Crippen molar-refractivity contribution in [1.29, 1.82) is 0 Å². The fourth-order valence-corrected chi connectivity index (χ4v) is 5.69. The number of aryl methyl sites for hydroxylation is 2. The minimum absolute atomic E-state index is 0.0892. The van der Waals surface area contributed by atoms with Crippen LogP contribution >= 0.6 is 0 Å². The number of benzene rings is 3. The predicted octanol–water partition coefficient (Wildman–Crippen LogP) is 4.83. The second-order valence-corrected chi connectivity index (χ2v) is 11.2. The van der Waals surface area contributed by atoms with Gasteiger partial charge in [0.05, 0.1) is 10.6 Å². The molecule has 38 heavy (non-hydrogen) atoms. The number of carbonyl (C=O) groups excluding carboxylic acids is 2. The summed E-state index contributed by atoms with van der Waals surface area (Å²) in [5, 5.41) is 2.90. The number of carbonyl (C=O) groups is 2. The molecule has 0 saturated carbocycles. The summed E-state index contributed by atoms with van der Waals surface area (Å²) < 4.78 is 28.7. The zero-order valence-electron chi connectivity index (χ0n) is 22.6. The number of nitrogens with one attached hydrogen (secondary N) is 1. The summed E-state index contributed by atoms with van der Waals surface area (Å²) in [7, 11) is -4.06. The van der Waals surface area contributed by atoms with Crippen LogP contribution in [0.3, 0.4) is 0 Å². The maximum atomic E-state index is 14.0. The Morgan fingerprint density at radius 3 is 2.16 bits per heavy atom. The van der Waals surface area contributed by atoms with Crippen molar-refractivity contribution in [1.82, 2.24) is 10.2 Å². The lowest BCUT2D eigenvalue weighted by molar-refractivity contribution is -0.140. The zero-order chi connectivity index (χ0) is 27.7. The number of hydrogen-bond donors (Lipinski definition) is 1. The van der Waals surface area contributed by atoms with E-state index in [-0.39, 0.29) is 17.3 Å². The number of nitrogens with zero attached hydrogens (tertiary/aromatic N) is 2. The van der Waals surface area contributed by atoms with Crippen LogP contribution in [0.25, 0.3) is 0 Å². The van der Waals surface area contributed by atoms with Gasteiger partial charge in [0.2, 0.25) is 11.8 Å². The number of rotatable bonds is 12. The molecule has 3 aromatic rings. The molecule has 1 unspecified atom stereocenters. The van der Waals surface area contributed by atoms with Crippen LogP contribution in [-0.4, -0.2) is 44.3 Å². The van der Waals surface area contributed by atoms with Crippen molar-refractivity contribution >= 4 is 27.5 Å². The van der Waals surface area contributed by atoms with Crippen molar-refractivity contribution in [2.75, 3.05) is 17.4 Å². The quantitative estimate of drug-likeness (QED) is 0.360. The summed E-state index contributed by atoms with van der Waals surface area (Å²) in [5.74, 6) is -0.701. The van der Waals surface area contributed by atoms with Crippen molar-refractivity contribution in [2.24, 2.45) is 0 Å². The molecule has 1 N–H and O–H groups in total. The first-order valence-electron chi connectivity index (χ1n) is 12.9. The Kier molecular flexibility index (Phi) is 10.1. The Bertz CT molecular complexity index is 1330. The molecule has 3 aromatic carbocycles. The normalized spacial score (nSPS) is 12.0. The number of hydrogen-bond acceptors (Lipinski definition) is 4. The van der Waals surface area contributed by atoms with Gasteiger partial charge in [-0.2, -0.15) is 0 Å². The lowest BCUT2D eigenvalue weighted by Crippen LogP contribution is -2.52. The highest BCUT2D eigenvalue weighted by Gasteiger charge is 2.33. The average Bonchev–Trinajstić information content (AvgIpc) is 2.91. The van der Waals surface area contributed by atoms with E-state index < -0.39 is 28.5 Å². The first kappa shape index (κ1) is 28.9. The molecule has 0 aliphatic rings. The summed E-state index contributed by atoms with van der Waals surface area (Å²) in [5.41, 5.74) is 3.25. The van der Waals surface area contributed by atoms with Gasteiger partial charge in [-0.15, -0.1) is 0 Å². The molecule has 0 bridgehead atoms. The van der Waals surface area contributed by atoms with E-state index in [2.05, 4.69) is 5.32 Å². The van der Waals surface area contributed by atoms with Crippen molar-refractivity contribution in [3.8, 4) is 0 Å². The van der Waals surface area contributed by atoms with Crippen LogP contribution in [0.1, 0.15) is 43.4 Å². The van der Waals surface area contributed by atoms with Gasteiger partial charge in [-0.1, -0.05) is 79.6 Å². The van der Waals surface area contributed by atoms with E-state index in [0.717, 1.165) is 27.4 Å². The van der Waals surface area contributed by atoms with Crippen molar-refractivity contribution in [2.45, 2.75) is 58.0 Å². The molecule has 202 valence electrons. The van der Waals surface area contributed by atoms with Crippen LogP contribution in [0.5, 0.6) is 0 Å². The highest BCUT2D eigenvalue weighted by atomic mass is 32.2. The summed E-state index contributed by atoms with van der Waals surface area (Å²) in [6.45, 7) is 7.94. The molecule has 0 saturated heterocycles. The van der Waals surface area contributed by atoms with E-state index in [0.29, 0.717) is 18.7 Å². The Labute approximate surface area is 226 Å². The van der Waals surface area contributed by atoms with Gasteiger partial charge in [-0.05, 0) is 56.5 Å². The summed E-state index contributed by atoms with van der Waals surface area (Å²) >= 11 is 0. The van der Waals surface area contributed by atoms with Crippen molar-refractivity contribution in [3.05, 3.63) is 95.6 Å². The summed E-state index contributed by atoms with van der Waals surface area (Å²) in [4.78, 5) is 28.7. The SMILES string of the molecule is CCCNC(=O)C(CC)N(Cc1cccc(C)c1)C(=O)CN(c1ccc(C)cc1)S(=O)(=O)c1ccccc1. The molecule has 1 atom stereocenters. The first-order valence-corrected chi connectivity index (χ1v) is 14.4. The third-order valence-corrected chi connectivity index (χ3v) is 8.09. The Balaban J connectivity index is 2.03. The topological polar surface area (TPSA) is 86.8 Å². The molecule has 3 rings (SSSR count). The van der Waals surface area contributed by atoms with Crippen molar-refractivity contribution < 1.29 is 18.0 Å². The van der Waals surface area contributed by atoms with Gasteiger partial charge >= 0.3 is 0 Å². The maximum Gasteiger partial charge on any atom is 0.264 e. The molecule has 0 heterocycles. The second-order valence-electron chi connectivity index (χ2n) is 9.39. The molecular weight excluding hydrogens is 498 g/mol. The molecule has 7 nitrogen and oxygen atoms in total. The smallest absolute Gasteiger partial charge is 0.264 e. The summed E-state index contributed by atoms with van der Waals surface area (Å²) in [6, 6.07) is 22.1. The van der Waals surface area contributed by atoms with E-state index in [1.165, 1.54) is 17.0 Å². The number of sulfonamides is 1. The molecule has 8 heteroatoms. The second kappa shape index (κ2) is 13.2. The van der Waals surface area contributed by atoms with Gasteiger partial charge in [0, 0.05) is 13.1 Å². The van der Waals surface area contributed by atoms with Crippen LogP contribution in [0, 0.1) is 13.8 Å². The number of anilines is 1. The van der Waals surface area contributed by atoms with Crippen LogP contribution in [-0.2, 0) is 26.2 Å². The van der Waals surface area contributed by atoms with E-state index in [1.54, 1.807) is 30.3 Å². The molecular formula is C30H37N3O4S. The van der Waals surface area contributed by atoms with E-state index >= 15 is 0 Å². The van der Waals surface area contributed by atoms with Gasteiger partial charge < -0.3 is 10.2 Å². The first-order chi connectivity index (χ1) is 18.2. The van der Waals surface area contributed by atoms with Crippen LogP contribution in [0.4, 0.5) is 5.69 Å². The van der Waals surface area contributed by atoms with Crippen LogP contribution in [0.15, 0.2) is 83.8 Å². The Hall–Kier alpha value is -3.65. The largest absolute Gasteiger partial charge is 0.354 e.